The topological polar surface area (TPSA) is 97.0 Å². The summed E-state index contributed by atoms with van der Waals surface area (Å²) in [5, 5.41) is 5.40. The van der Waals surface area contributed by atoms with Crippen molar-refractivity contribution < 1.29 is 23.9 Å². The summed E-state index contributed by atoms with van der Waals surface area (Å²) in [6.45, 7) is 3.46. The van der Waals surface area contributed by atoms with Crippen LogP contribution in [0.4, 0.5) is 10.5 Å². The highest BCUT2D eigenvalue weighted by Gasteiger charge is 2.47. The number of urea groups is 1. The molecule has 0 unspecified atom stereocenters. The molecule has 0 aromatic heterocycles. The number of carbonyl (C=O) groups is 3. The maximum Gasteiger partial charge on any atom is 0.325 e. The minimum atomic E-state index is -0.960. The number of anilines is 1. The van der Waals surface area contributed by atoms with Gasteiger partial charge in [0.15, 0.2) is 0 Å². The lowest BCUT2D eigenvalue weighted by atomic mass is 9.94. The predicted octanol–water partition coefficient (Wildman–Crippen LogP) is 2.92. The molecule has 8 heteroatoms. The molecule has 1 aromatic carbocycles. The number of hydrogen-bond donors (Lipinski definition) is 2. The van der Waals surface area contributed by atoms with Crippen LogP contribution in [0, 0.1) is 0 Å². The maximum atomic E-state index is 12.7. The van der Waals surface area contributed by atoms with Gasteiger partial charge in [-0.25, -0.2) is 4.79 Å². The average molecular weight is 391 g/mol. The van der Waals surface area contributed by atoms with Crippen molar-refractivity contribution in [2.45, 2.75) is 51.5 Å². The van der Waals surface area contributed by atoms with E-state index in [1.54, 1.807) is 25.1 Å². The molecule has 1 aromatic rings. The number of imide groups is 1. The predicted molar refractivity (Wildman–Crippen MR) is 106 cm³/mol. The molecule has 0 radical (unpaired) electrons. The van der Waals surface area contributed by atoms with Crippen LogP contribution in [0.25, 0.3) is 0 Å². The number of nitrogens with zero attached hydrogens (tertiary/aromatic N) is 1. The average Bonchev–Trinajstić information content (AvgIpc) is 2.88. The SMILES string of the molecule is CCCCCC[C@]1(C)NC(=O)N(CC(=O)Nc2cc(OC)ccc2OC)C1=O. The number of amides is 4. The van der Waals surface area contributed by atoms with Crippen molar-refractivity contribution in [3.63, 3.8) is 0 Å². The summed E-state index contributed by atoms with van der Waals surface area (Å²) in [7, 11) is 3.00. The van der Waals surface area contributed by atoms with Crippen molar-refractivity contribution in [1.82, 2.24) is 10.2 Å². The van der Waals surface area contributed by atoms with E-state index in [9.17, 15) is 14.4 Å². The summed E-state index contributed by atoms with van der Waals surface area (Å²) in [5.74, 6) is 0.130. The first-order valence-corrected chi connectivity index (χ1v) is 9.50. The van der Waals surface area contributed by atoms with Crippen LogP contribution in [-0.2, 0) is 9.59 Å². The molecule has 0 bridgehead atoms. The number of rotatable bonds is 10. The Morgan fingerprint density at radius 1 is 1.18 bits per heavy atom. The van der Waals surface area contributed by atoms with E-state index >= 15 is 0 Å². The molecular weight excluding hydrogens is 362 g/mol. The first kappa shape index (κ1) is 21.5. The lowest BCUT2D eigenvalue weighted by Gasteiger charge is -2.21. The van der Waals surface area contributed by atoms with E-state index in [0.29, 0.717) is 23.6 Å². The molecule has 154 valence electrons. The van der Waals surface area contributed by atoms with Crippen LogP contribution in [-0.4, -0.2) is 49.0 Å². The number of carbonyl (C=O) groups excluding carboxylic acids is 3. The van der Waals surface area contributed by atoms with E-state index < -0.39 is 17.5 Å². The van der Waals surface area contributed by atoms with Crippen molar-refractivity contribution in [1.29, 1.82) is 0 Å². The Hall–Kier alpha value is -2.77. The number of nitrogens with one attached hydrogen (secondary N) is 2. The number of methoxy groups -OCH3 is 2. The van der Waals surface area contributed by atoms with Gasteiger partial charge in [0.2, 0.25) is 5.91 Å². The molecule has 0 aliphatic carbocycles. The zero-order valence-electron chi connectivity index (χ0n) is 17.0. The van der Waals surface area contributed by atoms with Gasteiger partial charge in [-0.05, 0) is 25.5 Å². The molecule has 1 atom stereocenters. The fourth-order valence-electron chi connectivity index (χ4n) is 3.21. The van der Waals surface area contributed by atoms with Crippen molar-refractivity contribution in [2.75, 3.05) is 26.1 Å². The highest BCUT2D eigenvalue weighted by atomic mass is 16.5. The minimum absolute atomic E-state index is 0.365. The Balaban J connectivity index is 2.02. The molecule has 28 heavy (non-hydrogen) atoms. The van der Waals surface area contributed by atoms with Crippen LogP contribution >= 0.6 is 0 Å². The largest absolute Gasteiger partial charge is 0.497 e. The molecule has 1 aliphatic rings. The first-order valence-electron chi connectivity index (χ1n) is 9.50. The number of hydrogen-bond acceptors (Lipinski definition) is 5. The van der Waals surface area contributed by atoms with Gasteiger partial charge < -0.3 is 20.1 Å². The fourth-order valence-corrected chi connectivity index (χ4v) is 3.21. The Labute approximate surface area is 165 Å². The molecule has 0 saturated carbocycles. The molecule has 8 nitrogen and oxygen atoms in total. The van der Waals surface area contributed by atoms with Crippen molar-refractivity contribution in [3.05, 3.63) is 18.2 Å². The van der Waals surface area contributed by atoms with Crippen molar-refractivity contribution >= 4 is 23.5 Å². The second kappa shape index (κ2) is 9.43. The maximum absolute atomic E-state index is 12.7. The summed E-state index contributed by atoms with van der Waals surface area (Å²) in [6.07, 6.45) is 4.59. The van der Waals surface area contributed by atoms with Gasteiger partial charge in [-0.15, -0.1) is 0 Å². The first-order chi connectivity index (χ1) is 13.3. The Morgan fingerprint density at radius 3 is 2.57 bits per heavy atom. The third-order valence-electron chi connectivity index (χ3n) is 4.86. The summed E-state index contributed by atoms with van der Waals surface area (Å²) >= 11 is 0. The van der Waals surface area contributed by atoms with Crippen LogP contribution in [0.1, 0.15) is 46.0 Å². The van der Waals surface area contributed by atoms with Crippen LogP contribution in [0.5, 0.6) is 11.5 Å². The van der Waals surface area contributed by atoms with Gasteiger partial charge in [-0.2, -0.15) is 0 Å². The smallest absolute Gasteiger partial charge is 0.325 e. The highest BCUT2D eigenvalue weighted by Crippen LogP contribution is 2.29. The Bertz CT molecular complexity index is 737. The van der Waals surface area contributed by atoms with E-state index in [4.69, 9.17) is 9.47 Å². The fraction of sp³-hybridized carbons (Fsp3) is 0.550. The van der Waals surface area contributed by atoms with Crippen LogP contribution in [0.2, 0.25) is 0 Å². The molecule has 1 fully saturated rings. The quantitative estimate of drug-likeness (QED) is 0.472. The molecule has 0 spiro atoms. The van der Waals surface area contributed by atoms with Crippen LogP contribution in [0.15, 0.2) is 18.2 Å². The highest BCUT2D eigenvalue weighted by molar-refractivity contribution is 6.10. The second-order valence-electron chi connectivity index (χ2n) is 7.08. The Kier molecular flexibility index (Phi) is 7.25. The van der Waals surface area contributed by atoms with Gasteiger partial charge in [0.1, 0.15) is 23.6 Å². The summed E-state index contributed by atoms with van der Waals surface area (Å²) in [6, 6.07) is 4.43. The molecule has 2 rings (SSSR count). The van der Waals surface area contributed by atoms with Gasteiger partial charge in [0, 0.05) is 6.07 Å². The normalized spacial score (nSPS) is 18.8. The zero-order chi connectivity index (χ0) is 20.7. The van der Waals surface area contributed by atoms with Gasteiger partial charge in [0.25, 0.3) is 5.91 Å². The van der Waals surface area contributed by atoms with E-state index in [0.717, 1.165) is 30.6 Å². The molecule has 4 amide bonds. The second-order valence-corrected chi connectivity index (χ2v) is 7.08. The molecule has 2 N–H and O–H groups in total. The van der Waals surface area contributed by atoms with Crippen LogP contribution < -0.4 is 20.1 Å². The van der Waals surface area contributed by atoms with Gasteiger partial charge in [-0.3, -0.25) is 14.5 Å². The van der Waals surface area contributed by atoms with E-state index in [-0.39, 0.29) is 12.5 Å². The van der Waals surface area contributed by atoms with Crippen LogP contribution in [0.3, 0.4) is 0 Å². The number of unbranched alkanes of at least 4 members (excludes halogenated alkanes) is 3. The molecule has 1 heterocycles. The van der Waals surface area contributed by atoms with Crippen molar-refractivity contribution in [2.24, 2.45) is 0 Å². The van der Waals surface area contributed by atoms with Gasteiger partial charge >= 0.3 is 6.03 Å². The number of ether oxygens (including phenoxy) is 2. The Morgan fingerprint density at radius 2 is 1.93 bits per heavy atom. The summed E-state index contributed by atoms with van der Waals surface area (Å²) in [5.41, 5.74) is -0.556. The lowest BCUT2D eigenvalue weighted by molar-refractivity contribution is -0.133. The summed E-state index contributed by atoms with van der Waals surface area (Å²) < 4.78 is 10.4. The van der Waals surface area contributed by atoms with Gasteiger partial charge in [0.05, 0.1) is 19.9 Å². The molecular formula is C20H29N3O5. The standard InChI is InChI=1S/C20H29N3O5/c1-5-6-7-8-11-20(2)18(25)23(19(26)22-20)13-17(24)21-15-12-14(27-3)9-10-16(15)28-4/h9-10,12H,5-8,11,13H2,1-4H3,(H,21,24)(H,22,26)/t20-/m0/s1. The third-order valence-corrected chi connectivity index (χ3v) is 4.86. The summed E-state index contributed by atoms with van der Waals surface area (Å²) in [4.78, 5) is 38.4. The van der Waals surface area contributed by atoms with E-state index in [2.05, 4.69) is 17.6 Å². The minimum Gasteiger partial charge on any atom is -0.497 e. The third kappa shape index (κ3) is 4.94. The number of benzene rings is 1. The van der Waals surface area contributed by atoms with E-state index in [1.165, 1.54) is 14.2 Å². The zero-order valence-corrected chi connectivity index (χ0v) is 17.0. The molecule has 1 aliphatic heterocycles. The van der Waals surface area contributed by atoms with E-state index in [1.807, 2.05) is 0 Å². The van der Waals surface area contributed by atoms with Gasteiger partial charge in [-0.1, -0.05) is 32.6 Å². The lowest BCUT2D eigenvalue weighted by Crippen LogP contribution is -2.44. The molecule has 1 saturated heterocycles. The van der Waals surface area contributed by atoms with Crippen molar-refractivity contribution in [3.8, 4) is 11.5 Å². The monoisotopic (exact) mass is 391 g/mol.